The normalized spacial score (nSPS) is 10.2. The molecular formula is C11H17BrN2. The molecule has 0 aliphatic carbocycles. The van der Waals surface area contributed by atoms with E-state index in [1.807, 2.05) is 29.3 Å². The number of benzene rings is 1. The summed E-state index contributed by atoms with van der Waals surface area (Å²) in [6, 6.07) is 8.07. The predicted octanol–water partition coefficient (Wildman–Crippen LogP) is 3.32. The van der Waals surface area contributed by atoms with E-state index >= 15 is 0 Å². The first-order valence-electron chi connectivity index (χ1n) is 5.02. The second-order valence-electron chi connectivity index (χ2n) is 3.38. The Morgan fingerprint density at radius 2 is 1.86 bits per heavy atom. The zero-order valence-electron chi connectivity index (χ0n) is 8.54. The van der Waals surface area contributed by atoms with Crippen molar-refractivity contribution in [2.24, 2.45) is 5.84 Å². The van der Waals surface area contributed by atoms with Gasteiger partial charge >= 0.3 is 0 Å². The smallest absolute Gasteiger partial charge is 0.0517 e. The third-order valence-corrected chi connectivity index (χ3v) is 2.69. The summed E-state index contributed by atoms with van der Waals surface area (Å²) in [5.41, 5.74) is 1.07. The van der Waals surface area contributed by atoms with Gasteiger partial charge in [0, 0.05) is 11.0 Å². The quantitative estimate of drug-likeness (QED) is 0.498. The van der Waals surface area contributed by atoms with Crippen LogP contribution in [0, 0.1) is 0 Å². The van der Waals surface area contributed by atoms with Crippen molar-refractivity contribution in [3.63, 3.8) is 0 Å². The summed E-state index contributed by atoms with van der Waals surface area (Å²) in [6.45, 7) is 3.12. The number of unbranched alkanes of at least 4 members (excludes halogenated alkanes) is 2. The first kappa shape index (κ1) is 11.5. The van der Waals surface area contributed by atoms with Crippen LogP contribution in [0.1, 0.15) is 26.2 Å². The van der Waals surface area contributed by atoms with Gasteiger partial charge in [-0.15, -0.1) is 0 Å². The molecule has 0 fully saturated rings. The van der Waals surface area contributed by atoms with E-state index in [1.165, 1.54) is 12.8 Å². The van der Waals surface area contributed by atoms with Crippen molar-refractivity contribution in [3.05, 3.63) is 28.7 Å². The van der Waals surface area contributed by atoms with Gasteiger partial charge in [-0.25, -0.2) is 5.84 Å². The first-order chi connectivity index (χ1) is 6.74. The fraction of sp³-hybridized carbons (Fsp3) is 0.455. The van der Waals surface area contributed by atoms with Gasteiger partial charge in [-0.1, -0.05) is 35.7 Å². The summed E-state index contributed by atoms with van der Waals surface area (Å²) >= 11 is 3.40. The maximum absolute atomic E-state index is 5.90. The highest BCUT2D eigenvalue weighted by Crippen LogP contribution is 2.16. The van der Waals surface area contributed by atoms with Crippen LogP contribution in [-0.4, -0.2) is 6.54 Å². The summed E-state index contributed by atoms with van der Waals surface area (Å²) in [4.78, 5) is 0. The Labute approximate surface area is 94.2 Å². The summed E-state index contributed by atoms with van der Waals surface area (Å²) in [5.74, 6) is 5.90. The highest BCUT2D eigenvalue weighted by atomic mass is 79.9. The minimum Gasteiger partial charge on any atom is -0.311 e. The molecule has 0 aliphatic rings. The van der Waals surface area contributed by atoms with Crippen molar-refractivity contribution >= 4 is 21.6 Å². The molecule has 2 nitrogen and oxygen atoms in total. The van der Waals surface area contributed by atoms with Crippen LogP contribution in [0.2, 0.25) is 0 Å². The van der Waals surface area contributed by atoms with Crippen LogP contribution in [0.15, 0.2) is 28.7 Å². The number of hydrazine groups is 1. The number of nitrogens with two attached hydrogens (primary N) is 1. The van der Waals surface area contributed by atoms with E-state index in [2.05, 4.69) is 22.9 Å². The minimum atomic E-state index is 0.926. The van der Waals surface area contributed by atoms with Crippen LogP contribution < -0.4 is 10.9 Å². The highest BCUT2D eigenvalue weighted by Gasteiger charge is 1.99. The van der Waals surface area contributed by atoms with E-state index in [-0.39, 0.29) is 0 Å². The maximum Gasteiger partial charge on any atom is 0.0517 e. The molecule has 0 radical (unpaired) electrons. The van der Waals surface area contributed by atoms with Crippen molar-refractivity contribution in [1.29, 1.82) is 0 Å². The van der Waals surface area contributed by atoms with E-state index in [1.54, 1.807) is 0 Å². The molecule has 0 atom stereocenters. The van der Waals surface area contributed by atoms with Crippen LogP contribution >= 0.6 is 15.9 Å². The Hall–Kier alpha value is -0.540. The number of hydrogen-bond donors (Lipinski definition) is 1. The SMILES string of the molecule is CCCCCN(N)c1ccc(Br)cc1. The third kappa shape index (κ3) is 3.68. The van der Waals surface area contributed by atoms with Gasteiger partial charge in [-0.3, -0.25) is 0 Å². The molecule has 0 bridgehead atoms. The van der Waals surface area contributed by atoms with E-state index < -0.39 is 0 Å². The van der Waals surface area contributed by atoms with Crippen molar-refractivity contribution in [3.8, 4) is 0 Å². The lowest BCUT2D eigenvalue weighted by molar-refractivity contribution is 0.688. The molecule has 0 aromatic heterocycles. The number of anilines is 1. The molecule has 0 spiro atoms. The molecule has 14 heavy (non-hydrogen) atoms. The molecule has 3 heteroatoms. The summed E-state index contributed by atoms with van der Waals surface area (Å²) in [7, 11) is 0. The molecule has 0 heterocycles. The van der Waals surface area contributed by atoms with Gasteiger partial charge in [0.2, 0.25) is 0 Å². The molecule has 0 saturated heterocycles. The minimum absolute atomic E-state index is 0.926. The molecule has 0 aliphatic heterocycles. The van der Waals surface area contributed by atoms with E-state index in [4.69, 9.17) is 5.84 Å². The molecule has 0 saturated carbocycles. The standard InChI is InChI=1S/C11H17BrN2/c1-2-3-4-9-14(13)11-7-5-10(12)6-8-11/h5-8H,2-4,9,13H2,1H3. The summed E-state index contributed by atoms with van der Waals surface area (Å²) in [6.07, 6.45) is 3.63. The monoisotopic (exact) mass is 256 g/mol. The van der Waals surface area contributed by atoms with Gasteiger partial charge < -0.3 is 5.01 Å². The molecule has 1 aromatic carbocycles. The van der Waals surface area contributed by atoms with E-state index in [0.717, 1.165) is 23.1 Å². The van der Waals surface area contributed by atoms with Gasteiger partial charge in [-0.05, 0) is 30.7 Å². The maximum atomic E-state index is 5.90. The molecular weight excluding hydrogens is 240 g/mol. The predicted molar refractivity (Wildman–Crippen MR) is 65.2 cm³/mol. The molecule has 0 unspecified atom stereocenters. The Morgan fingerprint density at radius 1 is 1.21 bits per heavy atom. The zero-order chi connectivity index (χ0) is 10.4. The fourth-order valence-corrected chi connectivity index (χ4v) is 1.56. The Kier molecular flexibility index (Phi) is 4.98. The molecule has 0 amide bonds. The van der Waals surface area contributed by atoms with Gasteiger partial charge in [0.1, 0.15) is 0 Å². The number of hydrogen-bond acceptors (Lipinski definition) is 2. The van der Waals surface area contributed by atoms with Crippen LogP contribution in [0.4, 0.5) is 5.69 Å². The lowest BCUT2D eigenvalue weighted by atomic mass is 10.2. The first-order valence-corrected chi connectivity index (χ1v) is 5.81. The van der Waals surface area contributed by atoms with Gasteiger partial charge in [-0.2, -0.15) is 0 Å². The average molecular weight is 257 g/mol. The van der Waals surface area contributed by atoms with Crippen molar-refractivity contribution < 1.29 is 0 Å². The van der Waals surface area contributed by atoms with Crippen molar-refractivity contribution in [2.75, 3.05) is 11.6 Å². The fourth-order valence-electron chi connectivity index (χ4n) is 1.29. The van der Waals surface area contributed by atoms with Gasteiger partial charge in [0.25, 0.3) is 0 Å². The number of rotatable bonds is 5. The average Bonchev–Trinajstić information content (AvgIpc) is 2.19. The number of nitrogens with zero attached hydrogens (tertiary/aromatic N) is 1. The molecule has 2 N–H and O–H groups in total. The number of halogens is 1. The van der Waals surface area contributed by atoms with Crippen LogP contribution in [0.5, 0.6) is 0 Å². The topological polar surface area (TPSA) is 29.3 Å². The lowest BCUT2D eigenvalue weighted by Crippen LogP contribution is -2.31. The Morgan fingerprint density at radius 3 is 2.43 bits per heavy atom. The third-order valence-electron chi connectivity index (χ3n) is 2.16. The second-order valence-corrected chi connectivity index (χ2v) is 4.29. The second kappa shape index (κ2) is 6.04. The van der Waals surface area contributed by atoms with E-state index in [0.29, 0.717) is 0 Å². The summed E-state index contributed by atoms with van der Waals surface area (Å²) < 4.78 is 1.09. The Balaban J connectivity index is 2.43. The largest absolute Gasteiger partial charge is 0.311 e. The molecule has 1 rings (SSSR count). The van der Waals surface area contributed by atoms with E-state index in [9.17, 15) is 0 Å². The molecule has 1 aromatic rings. The lowest BCUT2D eigenvalue weighted by Gasteiger charge is -2.18. The Bertz CT molecular complexity index is 258. The van der Waals surface area contributed by atoms with Crippen molar-refractivity contribution in [2.45, 2.75) is 26.2 Å². The zero-order valence-corrected chi connectivity index (χ0v) is 10.1. The highest BCUT2D eigenvalue weighted by molar-refractivity contribution is 9.10. The van der Waals surface area contributed by atoms with Crippen LogP contribution in [0.3, 0.4) is 0 Å². The van der Waals surface area contributed by atoms with Crippen LogP contribution in [-0.2, 0) is 0 Å². The van der Waals surface area contributed by atoms with Gasteiger partial charge in [0.05, 0.1) is 5.69 Å². The summed E-state index contributed by atoms with van der Waals surface area (Å²) in [5, 5.41) is 1.81. The van der Waals surface area contributed by atoms with Crippen LogP contribution in [0.25, 0.3) is 0 Å². The molecule has 78 valence electrons. The van der Waals surface area contributed by atoms with Gasteiger partial charge in [0.15, 0.2) is 0 Å². The van der Waals surface area contributed by atoms with Crippen molar-refractivity contribution in [1.82, 2.24) is 0 Å².